The number of hydrogen-bond donors (Lipinski definition) is 2. The zero-order valence-corrected chi connectivity index (χ0v) is 12.6. The van der Waals surface area contributed by atoms with Gasteiger partial charge in [0.25, 0.3) is 10.0 Å². The minimum absolute atomic E-state index is 0.0679. The molecule has 0 radical (unpaired) electrons. The van der Waals surface area contributed by atoms with Crippen LogP contribution in [0.4, 0.5) is 5.13 Å². The summed E-state index contributed by atoms with van der Waals surface area (Å²) in [5, 5.41) is 10.3. The van der Waals surface area contributed by atoms with Crippen LogP contribution in [0.2, 0.25) is 0 Å². The molecular formula is C12H12N2O5S2. The van der Waals surface area contributed by atoms with Crippen LogP contribution in [0.25, 0.3) is 0 Å². The van der Waals surface area contributed by atoms with Crippen molar-refractivity contribution in [1.82, 2.24) is 4.98 Å². The predicted octanol–water partition coefficient (Wildman–Crippen LogP) is 1.58. The molecule has 0 atom stereocenters. The fourth-order valence-electron chi connectivity index (χ4n) is 1.52. The van der Waals surface area contributed by atoms with Crippen LogP contribution in [0.5, 0.6) is 5.75 Å². The van der Waals surface area contributed by atoms with Crippen LogP contribution in [0.3, 0.4) is 0 Å². The van der Waals surface area contributed by atoms with Gasteiger partial charge in [0.2, 0.25) is 0 Å². The minimum Gasteiger partial charge on any atom is -0.497 e. The van der Waals surface area contributed by atoms with Gasteiger partial charge in [0.15, 0.2) is 5.13 Å². The van der Waals surface area contributed by atoms with Crippen molar-refractivity contribution in [3.8, 4) is 5.75 Å². The normalized spacial score (nSPS) is 11.1. The summed E-state index contributed by atoms with van der Waals surface area (Å²) in [5.74, 6) is -0.475. The summed E-state index contributed by atoms with van der Waals surface area (Å²) < 4.78 is 31.5. The molecule has 0 fully saturated rings. The number of carboxylic acids is 1. The largest absolute Gasteiger partial charge is 0.497 e. The maximum Gasteiger partial charge on any atom is 0.309 e. The van der Waals surface area contributed by atoms with Gasteiger partial charge >= 0.3 is 5.97 Å². The Morgan fingerprint density at radius 2 is 2.05 bits per heavy atom. The number of thiazole rings is 1. The van der Waals surface area contributed by atoms with Crippen molar-refractivity contribution in [1.29, 1.82) is 0 Å². The summed E-state index contributed by atoms with van der Waals surface area (Å²) in [4.78, 5) is 14.5. The molecule has 2 rings (SSSR count). The van der Waals surface area contributed by atoms with E-state index in [-0.39, 0.29) is 16.4 Å². The van der Waals surface area contributed by atoms with Crippen molar-refractivity contribution in [2.75, 3.05) is 11.8 Å². The predicted molar refractivity (Wildman–Crippen MR) is 77.3 cm³/mol. The summed E-state index contributed by atoms with van der Waals surface area (Å²) in [6.07, 6.45) is -0.249. The van der Waals surface area contributed by atoms with Crippen LogP contribution < -0.4 is 9.46 Å². The van der Waals surface area contributed by atoms with Crippen LogP contribution in [-0.4, -0.2) is 31.6 Å². The summed E-state index contributed by atoms with van der Waals surface area (Å²) in [5.41, 5.74) is 0.305. The smallest absolute Gasteiger partial charge is 0.309 e. The molecule has 0 bridgehead atoms. The number of nitrogens with zero attached hydrogens (tertiary/aromatic N) is 1. The molecule has 0 saturated heterocycles. The maximum atomic E-state index is 12.1. The lowest BCUT2D eigenvalue weighted by Gasteiger charge is -2.06. The fraction of sp³-hybridized carbons (Fsp3) is 0.167. The van der Waals surface area contributed by atoms with E-state index in [4.69, 9.17) is 9.84 Å². The second-order valence-corrected chi connectivity index (χ2v) is 6.54. The molecule has 0 unspecified atom stereocenters. The van der Waals surface area contributed by atoms with Crippen LogP contribution in [0.1, 0.15) is 5.69 Å². The van der Waals surface area contributed by atoms with Crippen molar-refractivity contribution in [3.63, 3.8) is 0 Å². The Bertz CT molecular complexity index is 737. The van der Waals surface area contributed by atoms with Crippen LogP contribution >= 0.6 is 11.3 Å². The number of nitrogens with one attached hydrogen (secondary N) is 1. The third kappa shape index (κ3) is 3.92. The molecule has 0 aliphatic carbocycles. The molecule has 1 aromatic carbocycles. The van der Waals surface area contributed by atoms with E-state index in [0.29, 0.717) is 11.4 Å². The Kier molecular flexibility index (Phi) is 4.43. The highest BCUT2D eigenvalue weighted by Gasteiger charge is 2.16. The SMILES string of the molecule is COc1ccc(S(=O)(=O)Nc2nc(CC(=O)O)cs2)cc1. The Morgan fingerprint density at radius 3 is 2.62 bits per heavy atom. The topological polar surface area (TPSA) is 106 Å². The highest BCUT2D eigenvalue weighted by Crippen LogP contribution is 2.21. The van der Waals surface area contributed by atoms with Crippen LogP contribution in [-0.2, 0) is 21.2 Å². The lowest BCUT2D eigenvalue weighted by atomic mass is 10.3. The van der Waals surface area contributed by atoms with Gasteiger partial charge in [0.1, 0.15) is 5.75 Å². The van der Waals surface area contributed by atoms with Crippen molar-refractivity contribution in [2.24, 2.45) is 0 Å². The zero-order valence-electron chi connectivity index (χ0n) is 10.9. The number of hydrogen-bond acceptors (Lipinski definition) is 6. The van der Waals surface area contributed by atoms with E-state index in [2.05, 4.69) is 9.71 Å². The van der Waals surface area contributed by atoms with Gasteiger partial charge < -0.3 is 9.84 Å². The molecule has 0 aliphatic rings. The monoisotopic (exact) mass is 328 g/mol. The lowest BCUT2D eigenvalue weighted by molar-refractivity contribution is -0.136. The van der Waals surface area contributed by atoms with Gasteiger partial charge in [0.05, 0.1) is 24.1 Å². The number of ether oxygens (including phenoxy) is 1. The Labute approximate surface area is 125 Å². The number of aromatic nitrogens is 1. The number of rotatable bonds is 6. The summed E-state index contributed by atoms with van der Waals surface area (Å²) in [6.45, 7) is 0. The quantitative estimate of drug-likeness (QED) is 0.834. The first kappa shape index (κ1) is 15.3. The molecule has 112 valence electrons. The maximum absolute atomic E-state index is 12.1. The molecule has 7 nitrogen and oxygen atoms in total. The van der Waals surface area contributed by atoms with E-state index in [1.165, 1.54) is 36.8 Å². The molecule has 21 heavy (non-hydrogen) atoms. The fourth-order valence-corrected chi connectivity index (χ4v) is 3.48. The lowest BCUT2D eigenvalue weighted by Crippen LogP contribution is -2.13. The van der Waals surface area contributed by atoms with E-state index >= 15 is 0 Å². The van der Waals surface area contributed by atoms with Gasteiger partial charge in [-0.3, -0.25) is 9.52 Å². The van der Waals surface area contributed by atoms with Crippen molar-refractivity contribution in [2.45, 2.75) is 11.3 Å². The molecule has 0 aliphatic heterocycles. The number of sulfonamides is 1. The third-order valence-electron chi connectivity index (χ3n) is 2.48. The molecule has 0 saturated carbocycles. The standard InChI is InChI=1S/C12H12N2O5S2/c1-19-9-2-4-10(5-3-9)21(17,18)14-12-13-8(7-20-12)6-11(15)16/h2-5,7H,6H2,1H3,(H,13,14)(H,15,16). The second kappa shape index (κ2) is 6.10. The number of methoxy groups -OCH3 is 1. The molecule has 9 heteroatoms. The summed E-state index contributed by atoms with van der Waals surface area (Å²) >= 11 is 1.03. The number of anilines is 1. The van der Waals surface area contributed by atoms with E-state index in [9.17, 15) is 13.2 Å². The molecule has 1 aromatic heterocycles. The first-order valence-corrected chi connectivity index (χ1v) is 8.10. The van der Waals surface area contributed by atoms with E-state index in [1.807, 2.05) is 0 Å². The number of aliphatic carboxylic acids is 1. The first-order chi connectivity index (χ1) is 9.90. The number of benzene rings is 1. The number of carboxylic acid groups (broad SMARTS) is 1. The first-order valence-electron chi connectivity index (χ1n) is 5.74. The van der Waals surface area contributed by atoms with Gasteiger partial charge in [-0.25, -0.2) is 13.4 Å². The van der Waals surface area contributed by atoms with Crippen molar-refractivity contribution >= 4 is 32.5 Å². The average molecular weight is 328 g/mol. The van der Waals surface area contributed by atoms with Crippen LogP contribution in [0, 0.1) is 0 Å². The molecule has 0 amide bonds. The Balaban J connectivity index is 2.16. The van der Waals surface area contributed by atoms with Gasteiger partial charge in [-0.2, -0.15) is 0 Å². The van der Waals surface area contributed by atoms with Gasteiger partial charge in [-0.1, -0.05) is 0 Å². The van der Waals surface area contributed by atoms with Crippen molar-refractivity contribution < 1.29 is 23.1 Å². The third-order valence-corrected chi connectivity index (χ3v) is 4.77. The zero-order chi connectivity index (χ0) is 15.5. The number of carbonyl (C=O) groups is 1. The Morgan fingerprint density at radius 1 is 1.38 bits per heavy atom. The second-order valence-electron chi connectivity index (χ2n) is 4.00. The molecular weight excluding hydrogens is 316 g/mol. The molecule has 1 heterocycles. The summed E-state index contributed by atoms with van der Waals surface area (Å²) in [6, 6.07) is 5.89. The van der Waals surface area contributed by atoms with Gasteiger partial charge in [-0.05, 0) is 24.3 Å². The Hall–Kier alpha value is -2.13. The van der Waals surface area contributed by atoms with Crippen molar-refractivity contribution in [3.05, 3.63) is 35.3 Å². The van der Waals surface area contributed by atoms with Crippen LogP contribution in [0.15, 0.2) is 34.5 Å². The van der Waals surface area contributed by atoms with E-state index in [1.54, 1.807) is 0 Å². The highest BCUT2D eigenvalue weighted by atomic mass is 32.2. The minimum atomic E-state index is -3.76. The van der Waals surface area contributed by atoms with E-state index < -0.39 is 16.0 Å². The molecule has 2 aromatic rings. The molecule has 0 spiro atoms. The average Bonchev–Trinajstić information content (AvgIpc) is 2.84. The highest BCUT2D eigenvalue weighted by molar-refractivity contribution is 7.93. The van der Waals surface area contributed by atoms with Gasteiger partial charge in [0, 0.05) is 5.38 Å². The van der Waals surface area contributed by atoms with E-state index in [0.717, 1.165) is 11.3 Å². The molecule has 2 N–H and O–H groups in total. The summed E-state index contributed by atoms with van der Waals surface area (Å²) in [7, 11) is -2.27. The van der Waals surface area contributed by atoms with Gasteiger partial charge in [-0.15, -0.1) is 11.3 Å².